The van der Waals surface area contributed by atoms with Crippen LogP contribution in [0, 0.1) is 5.41 Å². The molecule has 1 saturated heterocycles. The number of nitrogen functional groups attached to an aromatic ring is 1. The van der Waals surface area contributed by atoms with Gasteiger partial charge in [-0.3, -0.25) is 25.4 Å². The van der Waals surface area contributed by atoms with Gasteiger partial charge in [0.15, 0.2) is 0 Å². The molecule has 1 aliphatic rings. The average Bonchev–Trinajstić information content (AvgIpc) is 2.63. The number of nitrogens with two attached hydrogens (primary N) is 1. The van der Waals surface area contributed by atoms with E-state index in [1.165, 1.54) is 0 Å². The summed E-state index contributed by atoms with van der Waals surface area (Å²) in [6, 6.07) is 6.86. The van der Waals surface area contributed by atoms with Crippen LogP contribution in [0.4, 0.5) is 5.69 Å². The zero-order chi connectivity index (χ0) is 13.3. The summed E-state index contributed by atoms with van der Waals surface area (Å²) < 4.78 is 0. The van der Waals surface area contributed by atoms with Gasteiger partial charge in [0.1, 0.15) is 0 Å². The van der Waals surface area contributed by atoms with E-state index in [9.17, 15) is 9.59 Å². The van der Waals surface area contributed by atoms with Crippen LogP contribution < -0.4 is 21.7 Å². The van der Waals surface area contributed by atoms with Crippen molar-refractivity contribution in [3.05, 3.63) is 29.8 Å². The van der Waals surface area contributed by atoms with E-state index in [0.29, 0.717) is 12.1 Å². The molecule has 1 aliphatic heterocycles. The molecule has 1 aromatic rings. The van der Waals surface area contributed by atoms with E-state index < -0.39 is 5.41 Å². The second-order valence-electron chi connectivity index (χ2n) is 4.93. The Kier molecular flexibility index (Phi) is 2.96. The molecule has 0 radical (unpaired) electrons. The maximum atomic E-state index is 11.7. The van der Waals surface area contributed by atoms with E-state index in [4.69, 9.17) is 5.84 Å². The quantitative estimate of drug-likeness (QED) is 0.395. The second-order valence-corrected chi connectivity index (χ2v) is 4.93. The van der Waals surface area contributed by atoms with Crippen molar-refractivity contribution in [2.45, 2.75) is 13.8 Å². The van der Waals surface area contributed by atoms with Crippen LogP contribution in [0.3, 0.4) is 0 Å². The zero-order valence-electron chi connectivity index (χ0n) is 10.4. The normalized spacial score (nSPS) is 17.5. The van der Waals surface area contributed by atoms with Crippen LogP contribution in [-0.4, -0.2) is 18.4 Å². The molecule has 0 atom stereocenters. The van der Waals surface area contributed by atoms with Crippen LogP contribution in [0.1, 0.15) is 24.2 Å². The number of hydrogen-bond acceptors (Lipinski definition) is 4. The Morgan fingerprint density at radius 1 is 1.39 bits per heavy atom. The summed E-state index contributed by atoms with van der Waals surface area (Å²) in [7, 11) is 0. The summed E-state index contributed by atoms with van der Waals surface area (Å²) in [6.07, 6.45) is 0. The first kappa shape index (κ1) is 12.4. The van der Waals surface area contributed by atoms with E-state index in [1.54, 1.807) is 29.3 Å². The van der Waals surface area contributed by atoms with Crippen LogP contribution >= 0.6 is 0 Å². The van der Waals surface area contributed by atoms with Crippen molar-refractivity contribution in [3.63, 3.8) is 0 Å². The molecule has 0 aromatic heterocycles. The number of amides is 2. The van der Waals surface area contributed by atoms with Crippen molar-refractivity contribution in [1.82, 2.24) is 10.9 Å². The molecule has 0 spiro atoms. The number of rotatable bonds is 2. The first-order chi connectivity index (χ1) is 8.44. The Labute approximate surface area is 105 Å². The maximum Gasteiger partial charge on any atom is 0.265 e. The van der Waals surface area contributed by atoms with E-state index >= 15 is 0 Å². The minimum Gasteiger partial charge on any atom is -0.290 e. The van der Waals surface area contributed by atoms with Crippen molar-refractivity contribution in [3.8, 4) is 0 Å². The summed E-state index contributed by atoms with van der Waals surface area (Å²) in [5, 5.41) is 1.77. The topological polar surface area (TPSA) is 87.5 Å². The summed E-state index contributed by atoms with van der Waals surface area (Å²) >= 11 is 0. The van der Waals surface area contributed by atoms with Crippen LogP contribution in [-0.2, 0) is 4.79 Å². The number of nitrogens with one attached hydrogen (secondary N) is 2. The SMILES string of the molecule is CC1(C)CN(c2ccc(C(=O)NN)cc2)NC1=O. The van der Waals surface area contributed by atoms with Gasteiger partial charge in [-0.05, 0) is 38.1 Å². The highest BCUT2D eigenvalue weighted by atomic mass is 16.2. The average molecular weight is 248 g/mol. The lowest BCUT2D eigenvalue weighted by atomic mass is 9.94. The highest BCUT2D eigenvalue weighted by molar-refractivity contribution is 5.94. The van der Waals surface area contributed by atoms with Crippen molar-refractivity contribution in [2.75, 3.05) is 11.6 Å². The smallest absolute Gasteiger partial charge is 0.265 e. The van der Waals surface area contributed by atoms with Gasteiger partial charge in [-0.2, -0.15) is 0 Å². The molecule has 0 saturated carbocycles. The molecule has 1 aromatic carbocycles. The van der Waals surface area contributed by atoms with Crippen molar-refractivity contribution in [2.24, 2.45) is 11.3 Å². The molecule has 4 N–H and O–H groups in total. The van der Waals surface area contributed by atoms with E-state index in [2.05, 4.69) is 10.9 Å². The lowest BCUT2D eigenvalue weighted by Gasteiger charge is -2.18. The molecule has 0 unspecified atom stereocenters. The zero-order valence-corrected chi connectivity index (χ0v) is 10.4. The number of hydrazine groups is 2. The Morgan fingerprint density at radius 3 is 2.44 bits per heavy atom. The van der Waals surface area contributed by atoms with Crippen LogP contribution in [0.5, 0.6) is 0 Å². The largest absolute Gasteiger partial charge is 0.290 e. The van der Waals surface area contributed by atoms with E-state index in [1.807, 2.05) is 13.8 Å². The fourth-order valence-electron chi connectivity index (χ4n) is 1.81. The molecular weight excluding hydrogens is 232 g/mol. The minimum absolute atomic E-state index is 0.00808. The highest BCUT2D eigenvalue weighted by Crippen LogP contribution is 2.26. The third-order valence-corrected chi connectivity index (χ3v) is 2.98. The van der Waals surface area contributed by atoms with Crippen LogP contribution in [0.2, 0.25) is 0 Å². The monoisotopic (exact) mass is 248 g/mol. The predicted octanol–water partition coefficient (Wildman–Crippen LogP) is 0.167. The van der Waals surface area contributed by atoms with Crippen LogP contribution in [0.15, 0.2) is 24.3 Å². The van der Waals surface area contributed by atoms with E-state index in [0.717, 1.165) is 5.69 Å². The number of nitrogens with zero attached hydrogens (tertiary/aromatic N) is 1. The van der Waals surface area contributed by atoms with Gasteiger partial charge in [-0.15, -0.1) is 0 Å². The lowest BCUT2D eigenvalue weighted by molar-refractivity contribution is -0.125. The van der Waals surface area contributed by atoms with Gasteiger partial charge < -0.3 is 0 Å². The lowest BCUT2D eigenvalue weighted by Crippen LogP contribution is -2.33. The van der Waals surface area contributed by atoms with Gasteiger partial charge in [0.05, 0.1) is 17.6 Å². The first-order valence-electron chi connectivity index (χ1n) is 5.64. The molecule has 96 valence electrons. The van der Waals surface area contributed by atoms with Crippen molar-refractivity contribution >= 4 is 17.5 Å². The Morgan fingerprint density at radius 2 is 2.00 bits per heavy atom. The molecule has 1 fully saturated rings. The molecule has 1 heterocycles. The summed E-state index contributed by atoms with van der Waals surface area (Å²) in [5.74, 6) is 4.70. The fourth-order valence-corrected chi connectivity index (χ4v) is 1.81. The number of anilines is 1. The third-order valence-electron chi connectivity index (χ3n) is 2.98. The maximum absolute atomic E-state index is 11.7. The number of carbonyl (C=O) groups excluding carboxylic acids is 2. The number of hydrogen-bond donors (Lipinski definition) is 3. The standard InChI is InChI=1S/C12H16N4O2/c1-12(2)7-16(15-11(12)18)9-5-3-8(4-6-9)10(17)14-13/h3-6H,7,13H2,1-2H3,(H,14,17)(H,15,18). The van der Waals surface area contributed by atoms with Gasteiger partial charge in [-0.25, -0.2) is 5.84 Å². The van der Waals surface area contributed by atoms with Crippen molar-refractivity contribution in [1.29, 1.82) is 0 Å². The number of benzene rings is 1. The van der Waals surface area contributed by atoms with Crippen LogP contribution in [0.25, 0.3) is 0 Å². The second kappa shape index (κ2) is 4.30. The number of carbonyl (C=O) groups is 2. The molecule has 0 bridgehead atoms. The van der Waals surface area contributed by atoms with Gasteiger partial charge in [0.25, 0.3) is 5.91 Å². The third kappa shape index (κ3) is 2.14. The summed E-state index contributed by atoms with van der Waals surface area (Å²) in [5.41, 5.74) is 5.76. The van der Waals surface area contributed by atoms with E-state index in [-0.39, 0.29) is 11.8 Å². The summed E-state index contributed by atoms with van der Waals surface area (Å²) in [6.45, 7) is 4.37. The Balaban J connectivity index is 2.17. The van der Waals surface area contributed by atoms with Gasteiger partial charge >= 0.3 is 0 Å². The first-order valence-corrected chi connectivity index (χ1v) is 5.64. The molecule has 18 heavy (non-hydrogen) atoms. The predicted molar refractivity (Wildman–Crippen MR) is 67.4 cm³/mol. The minimum atomic E-state index is -0.409. The highest BCUT2D eigenvalue weighted by Gasteiger charge is 2.37. The molecule has 6 nitrogen and oxygen atoms in total. The molecule has 2 amide bonds. The Bertz CT molecular complexity index is 481. The van der Waals surface area contributed by atoms with Gasteiger partial charge in [0, 0.05) is 5.56 Å². The fraction of sp³-hybridized carbons (Fsp3) is 0.333. The summed E-state index contributed by atoms with van der Waals surface area (Å²) in [4.78, 5) is 22.9. The molecule has 2 rings (SSSR count). The molecule has 0 aliphatic carbocycles. The molecule has 6 heteroatoms. The van der Waals surface area contributed by atoms with Gasteiger partial charge in [0.2, 0.25) is 5.91 Å². The Hall–Kier alpha value is -2.08. The van der Waals surface area contributed by atoms with Gasteiger partial charge in [-0.1, -0.05) is 0 Å². The van der Waals surface area contributed by atoms with Crippen molar-refractivity contribution < 1.29 is 9.59 Å². The molecular formula is C12H16N4O2.